The zero-order valence-electron chi connectivity index (χ0n) is 12.5. The Morgan fingerprint density at radius 3 is 2.75 bits per heavy atom. The third-order valence-corrected chi connectivity index (χ3v) is 3.04. The summed E-state index contributed by atoms with van der Waals surface area (Å²) in [6.07, 6.45) is 0.438. The van der Waals surface area contributed by atoms with Crippen LogP contribution in [0.15, 0.2) is 18.2 Å². The molecule has 3 N–H and O–H groups in total. The summed E-state index contributed by atoms with van der Waals surface area (Å²) in [7, 11) is 0. The summed E-state index contributed by atoms with van der Waals surface area (Å²) in [5.74, 6) is 0.948. The van der Waals surface area contributed by atoms with Gasteiger partial charge in [-0.15, -0.1) is 0 Å². The van der Waals surface area contributed by atoms with Crippen LogP contribution in [0.25, 0.3) is 11.0 Å². The topological polar surface area (TPSA) is 72.9 Å². The molecule has 0 atom stereocenters. The maximum atomic E-state index is 11.9. The molecular formula is C15H22N4O. The highest BCUT2D eigenvalue weighted by molar-refractivity contribution is 5.80. The Hall–Kier alpha value is -2.04. The van der Waals surface area contributed by atoms with Crippen molar-refractivity contribution in [1.82, 2.24) is 14.9 Å². The molecule has 0 spiro atoms. The highest BCUT2D eigenvalue weighted by Gasteiger charge is 2.14. The summed E-state index contributed by atoms with van der Waals surface area (Å²) < 4.78 is 2.05. The minimum Gasteiger partial charge on any atom is -0.399 e. The van der Waals surface area contributed by atoms with E-state index >= 15 is 0 Å². The number of nitrogens with zero attached hydrogens (tertiary/aromatic N) is 2. The molecule has 0 unspecified atom stereocenters. The first-order chi connectivity index (χ1) is 9.26. The lowest BCUT2D eigenvalue weighted by Crippen LogP contribution is -2.40. The molecule has 1 aromatic heterocycles. The van der Waals surface area contributed by atoms with Crippen molar-refractivity contribution >= 4 is 22.6 Å². The molecule has 0 bridgehead atoms. The molecule has 5 nitrogen and oxygen atoms in total. The predicted molar refractivity (Wildman–Crippen MR) is 81.4 cm³/mol. The van der Waals surface area contributed by atoms with Crippen molar-refractivity contribution in [3.8, 4) is 0 Å². The molecule has 0 aliphatic heterocycles. The van der Waals surface area contributed by atoms with E-state index in [1.807, 2.05) is 45.9 Å². The molecule has 1 aromatic carbocycles. The Morgan fingerprint density at radius 1 is 1.40 bits per heavy atom. The average molecular weight is 274 g/mol. The van der Waals surface area contributed by atoms with E-state index in [0.717, 1.165) is 16.9 Å². The zero-order chi connectivity index (χ0) is 14.9. The van der Waals surface area contributed by atoms with Gasteiger partial charge in [0.25, 0.3) is 0 Å². The number of fused-ring (bicyclic) bond motifs is 1. The normalized spacial score (nSPS) is 11.8. The first kappa shape index (κ1) is 14.4. The van der Waals surface area contributed by atoms with Crippen LogP contribution in [0.3, 0.4) is 0 Å². The van der Waals surface area contributed by atoms with Gasteiger partial charge >= 0.3 is 0 Å². The molecule has 5 heteroatoms. The summed E-state index contributed by atoms with van der Waals surface area (Å²) in [6, 6.07) is 5.66. The standard InChI is InChI=1S/C15H22N4O/c1-10-17-12-9-11(16)5-6-13(12)19(10)8-7-14(20)18-15(2,3)4/h5-6,9H,7-8,16H2,1-4H3,(H,18,20). The molecule has 0 saturated carbocycles. The van der Waals surface area contributed by atoms with Crippen molar-refractivity contribution in [3.05, 3.63) is 24.0 Å². The van der Waals surface area contributed by atoms with Gasteiger partial charge in [-0.3, -0.25) is 4.79 Å². The fourth-order valence-corrected chi connectivity index (χ4v) is 2.24. The van der Waals surface area contributed by atoms with Crippen LogP contribution < -0.4 is 11.1 Å². The molecule has 2 rings (SSSR count). The van der Waals surface area contributed by atoms with Gasteiger partial charge in [0.1, 0.15) is 5.82 Å². The van der Waals surface area contributed by atoms with Gasteiger partial charge < -0.3 is 15.6 Å². The predicted octanol–water partition coefficient (Wildman–Crippen LogP) is 2.23. The molecule has 0 saturated heterocycles. The average Bonchev–Trinajstić information content (AvgIpc) is 2.59. The van der Waals surface area contributed by atoms with E-state index in [1.54, 1.807) is 0 Å². The number of carbonyl (C=O) groups is 1. The highest BCUT2D eigenvalue weighted by Crippen LogP contribution is 2.19. The number of aromatic nitrogens is 2. The summed E-state index contributed by atoms with van der Waals surface area (Å²) in [5, 5.41) is 2.97. The highest BCUT2D eigenvalue weighted by atomic mass is 16.1. The maximum Gasteiger partial charge on any atom is 0.222 e. The van der Waals surface area contributed by atoms with Crippen molar-refractivity contribution in [1.29, 1.82) is 0 Å². The van der Waals surface area contributed by atoms with Crippen LogP contribution in [0.5, 0.6) is 0 Å². The lowest BCUT2D eigenvalue weighted by molar-refractivity contribution is -0.122. The smallest absolute Gasteiger partial charge is 0.222 e. The fourth-order valence-electron chi connectivity index (χ4n) is 2.24. The van der Waals surface area contributed by atoms with Gasteiger partial charge in [-0.1, -0.05) is 0 Å². The summed E-state index contributed by atoms with van der Waals surface area (Å²) in [5.41, 5.74) is 8.15. The van der Waals surface area contributed by atoms with Crippen LogP contribution in [0.4, 0.5) is 5.69 Å². The number of amides is 1. The Labute approximate surface area is 119 Å². The van der Waals surface area contributed by atoms with E-state index in [9.17, 15) is 4.79 Å². The van der Waals surface area contributed by atoms with Gasteiger partial charge in [0.2, 0.25) is 5.91 Å². The number of aryl methyl sites for hydroxylation is 2. The number of nitrogens with two attached hydrogens (primary N) is 1. The lowest BCUT2D eigenvalue weighted by Gasteiger charge is -2.20. The Kier molecular flexibility index (Phi) is 3.70. The Bertz CT molecular complexity index is 637. The van der Waals surface area contributed by atoms with Gasteiger partial charge in [0.15, 0.2) is 0 Å². The third-order valence-electron chi connectivity index (χ3n) is 3.04. The number of carbonyl (C=O) groups excluding carboxylic acids is 1. The largest absolute Gasteiger partial charge is 0.399 e. The number of nitrogen functional groups attached to an aromatic ring is 1. The van der Waals surface area contributed by atoms with Crippen molar-refractivity contribution in [2.75, 3.05) is 5.73 Å². The molecule has 0 aliphatic carbocycles. The Morgan fingerprint density at radius 2 is 2.10 bits per heavy atom. The van der Waals surface area contributed by atoms with Crippen molar-refractivity contribution in [2.24, 2.45) is 0 Å². The third kappa shape index (κ3) is 3.29. The number of nitrogens with one attached hydrogen (secondary N) is 1. The van der Waals surface area contributed by atoms with E-state index in [-0.39, 0.29) is 11.4 Å². The molecule has 1 amide bonds. The van der Waals surface area contributed by atoms with E-state index in [1.165, 1.54) is 0 Å². The second-order valence-corrected chi connectivity index (χ2v) is 6.11. The fraction of sp³-hybridized carbons (Fsp3) is 0.467. The minimum absolute atomic E-state index is 0.0502. The number of imidazole rings is 1. The first-order valence-electron chi connectivity index (χ1n) is 6.80. The quantitative estimate of drug-likeness (QED) is 0.843. The van der Waals surface area contributed by atoms with Gasteiger partial charge in [-0.25, -0.2) is 4.98 Å². The van der Waals surface area contributed by atoms with E-state index in [4.69, 9.17) is 5.73 Å². The Balaban J connectivity index is 2.14. The zero-order valence-corrected chi connectivity index (χ0v) is 12.5. The van der Waals surface area contributed by atoms with Crippen molar-refractivity contribution < 1.29 is 4.79 Å². The van der Waals surface area contributed by atoms with Crippen LogP contribution >= 0.6 is 0 Å². The number of hydrogen-bond donors (Lipinski definition) is 2. The molecule has 1 heterocycles. The van der Waals surface area contributed by atoms with Crippen LogP contribution in [-0.4, -0.2) is 21.0 Å². The number of benzene rings is 1. The van der Waals surface area contributed by atoms with Gasteiger partial charge in [0, 0.05) is 24.2 Å². The molecule has 2 aromatic rings. The van der Waals surface area contributed by atoms with Crippen LogP contribution in [-0.2, 0) is 11.3 Å². The molecular weight excluding hydrogens is 252 g/mol. The first-order valence-corrected chi connectivity index (χ1v) is 6.80. The van der Waals surface area contributed by atoms with Gasteiger partial charge in [0.05, 0.1) is 11.0 Å². The molecule has 0 aliphatic rings. The van der Waals surface area contributed by atoms with E-state index in [2.05, 4.69) is 14.9 Å². The molecule has 0 fully saturated rings. The maximum absolute atomic E-state index is 11.9. The van der Waals surface area contributed by atoms with E-state index in [0.29, 0.717) is 18.7 Å². The molecule has 0 radical (unpaired) electrons. The van der Waals surface area contributed by atoms with Crippen molar-refractivity contribution in [2.45, 2.75) is 46.2 Å². The minimum atomic E-state index is -0.197. The van der Waals surface area contributed by atoms with Gasteiger partial charge in [-0.2, -0.15) is 0 Å². The monoisotopic (exact) mass is 274 g/mol. The summed E-state index contributed by atoms with van der Waals surface area (Å²) in [4.78, 5) is 16.4. The van der Waals surface area contributed by atoms with Crippen molar-refractivity contribution in [3.63, 3.8) is 0 Å². The summed E-state index contributed by atoms with van der Waals surface area (Å²) >= 11 is 0. The van der Waals surface area contributed by atoms with E-state index < -0.39 is 0 Å². The molecule has 20 heavy (non-hydrogen) atoms. The summed E-state index contributed by atoms with van der Waals surface area (Å²) in [6.45, 7) is 8.49. The van der Waals surface area contributed by atoms with Crippen LogP contribution in [0.2, 0.25) is 0 Å². The molecule has 108 valence electrons. The second-order valence-electron chi connectivity index (χ2n) is 6.11. The number of rotatable bonds is 3. The van der Waals surface area contributed by atoms with Crippen LogP contribution in [0.1, 0.15) is 33.0 Å². The number of hydrogen-bond acceptors (Lipinski definition) is 3. The lowest BCUT2D eigenvalue weighted by atomic mass is 10.1. The van der Waals surface area contributed by atoms with Gasteiger partial charge in [-0.05, 0) is 45.9 Å². The number of anilines is 1. The SMILES string of the molecule is Cc1nc2cc(N)ccc2n1CCC(=O)NC(C)(C)C. The second kappa shape index (κ2) is 5.15. The van der Waals surface area contributed by atoms with Crippen LogP contribution in [0, 0.1) is 6.92 Å².